The molecule has 0 spiro atoms. The number of cyclic esters (lactones) is 1. The lowest BCUT2D eigenvalue weighted by atomic mass is 10.0. The molecule has 2 aromatic carbocycles. The standard InChI is InChI=1S/C17H17ClFNO4.C14H20ClNO2.C8H11Cl2NO.C5H12NO4P/c1-9(2)15-16(21)20(17(22)24-15)13-8-14(11(18)7-12(13)19)23-10-5-3-4-6-10;1-4-12-8-6-7-11(3)14(12)16(10-18-5-2)13(17)9-15;1-3-5-11(6-4-2)8(12)7(9)10;1-11(9,10)3-2-4(6)5(7)8/h7-8,10H,3-6H2,1-2H3;6-8H,4-5,9-10H2,1-3H3;3-4,7H,1-2,5-6H2;4H,2-3,6H2,1H3,(H,7,8)(H,9,10). The van der Waals surface area contributed by atoms with E-state index >= 15 is 0 Å². The fourth-order valence-electron chi connectivity index (χ4n) is 5.96. The summed E-state index contributed by atoms with van der Waals surface area (Å²) in [7, 11) is -3.10. The summed E-state index contributed by atoms with van der Waals surface area (Å²) in [5, 5.41) is 8.38. The van der Waals surface area contributed by atoms with Crippen molar-refractivity contribution in [3.63, 3.8) is 0 Å². The molecule has 2 atom stereocenters. The highest BCUT2D eigenvalue weighted by Crippen LogP contribution is 2.38. The summed E-state index contributed by atoms with van der Waals surface area (Å²) in [6.07, 6.45) is 7.09. The number of carboxylic acid groups (broad SMARTS) is 1. The second kappa shape index (κ2) is 29.6. The molecule has 1 saturated carbocycles. The maximum atomic E-state index is 14.3. The van der Waals surface area contributed by atoms with E-state index in [-0.39, 0.29) is 65.3 Å². The minimum absolute atomic E-state index is 0.00962. The van der Waals surface area contributed by atoms with Gasteiger partial charge >= 0.3 is 18.0 Å². The molecule has 1 heterocycles. The van der Waals surface area contributed by atoms with Crippen LogP contribution in [0.1, 0.15) is 70.9 Å². The van der Waals surface area contributed by atoms with Crippen molar-refractivity contribution in [2.45, 2.75) is 90.1 Å². The van der Waals surface area contributed by atoms with Gasteiger partial charge in [-0.1, -0.05) is 72.1 Å². The number of hydrogen-bond donors (Lipinski definition) is 3. The zero-order valence-corrected chi connectivity index (χ0v) is 41.4. The zero-order chi connectivity index (χ0) is 49.6. The molecule has 2 aromatic rings. The number of alkyl halides is 3. The topological polar surface area (TPSA) is 206 Å². The van der Waals surface area contributed by atoms with Crippen molar-refractivity contribution in [3.8, 4) is 5.75 Å². The first-order valence-electron chi connectivity index (χ1n) is 20.5. The minimum atomic E-state index is -3.10. The molecule has 2 aliphatic rings. The number of anilines is 2. The first-order chi connectivity index (χ1) is 30.5. The van der Waals surface area contributed by atoms with Crippen LogP contribution in [0.15, 0.2) is 67.0 Å². The number of allylic oxidation sites excluding steroid dienone is 1. The van der Waals surface area contributed by atoms with Crippen LogP contribution in [0, 0.1) is 12.7 Å². The van der Waals surface area contributed by atoms with E-state index in [2.05, 4.69) is 20.1 Å². The van der Waals surface area contributed by atoms with E-state index in [1.807, 2.05) is 32.0 Å². The Hall–Kier alpha value is -3.99. The van der Waals surface area contributed by atoms with Crippen LogP contribution in [-0.4, -0.2) is 107 Å². The Morgan fingerprint density at radius 2 is 1.71 bits per heavy atom. The van der Waals surface area contributed by atoms with Gasteiger partial charge in [0.1, 0.15) is 30.2 Å². The number of carbonyl (C=O) groups is 5. The molecule has 0 aromatic heterocycles. The van der Waals surface area contributed by atoms with Gasteiger partial charge in [-0.3, -0.25) is 28.6 Å². The Morgan fingerprint density at radius 3 is 2.17 bits per heavy atom. The number of amides is 4. The minimum Gasteiger partial charge on any atom is -0.489 e. The predicted molar refractivity (Wildman–Crippen MR) is 255 cm³/mol. The summed E-state index contributed by atoms with van der Waals surface area (Å²) in [4.78, 5) is 69.1. The number of rotatable bonds is 18. The van der Waals surface area contributed by atoms with Crippen molar-refractivity contribution < 1.29 is 57.1 Å². The van der Waals surface area contributed by atoms with Crippen molar-refractivity contribution >= 4 is 94.9 Å². The second-order valence-corrected chi connectivity index (χ2v) is 19.1. The van der Waals surface area contributed by atoms with E-state index < -0.39 is 42.0 Å². The highest BCUT2D eigenvalue weighted by atomic mass is 35.5. The number of aliphatic carboxylic acids is 1. The molecule has 0 radical (unpaired) electrons. The van der Waals surface area contributed by atoms with Crippen LogP contribution in [0.2, 0.25) is 5.02 Å². The van der Waals surface area contributed by atoms with Gasteiger partial charge in [0.2, 0.25) is 5.91 Å². The molecule has 21 heteroatoms. The van der Waals surface area contributed by atoms with Crippen molar-refractivity contribution in [2.75, 3.05) is 54.9 Å². The number of benzene rings is 2. The van der Waals surface area contributed by atoms with Crippen LogP contribution in [0.4, 0.5) is 20.6 Å². The Kier molecular flexibility index (Phi) is 26.9. The highest BCUT2D eigenvalue weighted by Gasteiger charge is 2.40. The molecule has 4 rings (SSSR count). The van der Waals surface area contributed by atoms with Gasteiger partial charge in [0.25, 0.3) is 5.91 Å². The number of ether oxygens (including phenoxy) is 3. The highest BCUT2D eigenvalue weighted by molar-refractivity contribution is 7.57. The lowest BCUT2D eigenvalue weighted by Gasteiger charge is -2.25. The summed E-state index contributed by atoms with van der Waals surface area (Å²) in [5.74, 6) is -2.96. The number of imide groups is 1. The van der Waals surface area contributed by atoms with Gasteiger partial charge in [0.15, 0.2) is 18.0 Å². The van der Waals surface area contributed by atoms with E-state index in [0.717, 1.165) is 55.0 Å². The van der Waals surface area contributed by atoms with E-state index in [0.29, 0.717) is 30.2 Å². The maximum Gasteiger partial charge on any atom is 0.427 e. The quantitative estimate of drug-likeness (QED) is 0.0420. The number of halogens is 5. The summed E-state index contributed by atoms with van der Waals surface area (Å²) in [6.45, 7) is 19.1. The third-order valence-electron chi connectivity index (χ3n) is 9.24. The fourth-order valence-corrected chi connectivity index (χ4v) is 7.34. The number of carboxylic acids is 1. The number of nitrogens with two attached hydrogens (primary N) is 1. The number of aryl methyl sites for hydroxylation is 2. The van der Waals surface area contributed by atoms with Crippen LogP contribution in [0.25, 0.3) is 0 Å². The molecule has 65 heavy (non-hydrogen) atoms. The first-order valence-corrected chi connectivity index (χ1v) is 24.6. The van der Waals surface area contributed by atoms with Gasteiger partial charge in [-0.25, -0.2) is 14.1 Å². The van der Waals surface area contributed by atoms with Gasteiger partial charge in [-0.2, -0.15) is 0 Å². The normalized spacial score (nSPS) is 14.6. The molecule has 2 unspecified atom stereocenters. The van der Waals surface area contributed by atoms with Crippen molar-refractivity contribution in [1.29, 1.82) is 0 Å². The van der Waals surface area contributed by atoms with E-state index in [4.69, 9.17) is 76.3 Å². The maximum absolute atomic E-state index is 14.3. The summed E-state index contributed by atoms with van der Waals surface area (Å²) >= 11 is 22.5. The molecule has 4 N–H and O–H groups in total. The Labute approximate surface area is 400 Å². The number of carbonyl (C=O) groups excluding carboxylic acids is 4. The molecule has 1 aliphatic carbocycles. The Morgan fingerprint density at radius 1 is 1.11 bits per heavy atom. The lowest BCUT2D eigenvalue weighted by Crippen LogP contribution is -2.35. The fraction of sp³-hybridized carbons (Fsp3) is 0.477. The average molecular weight is 1010 g/mol. The lowest BCUT2D eigenvalue weighted by molar-refractivity contribution is -0.138. The molecule has 1 aliphatic heterocycles. The molecule has 0 bridgehead atoms. The van der Waals surface area contributed by atoms with Crippen LogP contribution in [-0.2, 0) is 39.6 Å². The van der Waals surface area contributed by atoms with Crippen LogP contribution < -0.4 is 20.3 Å². The Bertz CT molecular complexity index is 2030. The smallest absolute Gasteiger partial charge is 0.427 e. The first kappa shape index (κ1) is 59.0. The summed E-state index contributed by atoms with van der Waals surface area (Å²) in [6, 6.07) is 7.32. The second-order valence-electron chi connectivity index (χ2n) is 14.7. The molecule has 2 fully saturated rings. The van der Waals surface area contributed by atoms with Gasteiger partial charge in [0.05, 0.1) is 22.5 Å². The van der Waals surface area contributed by atoms with Crippen molar-refractivity contribution in [3.05, 3.63) is 88.9 Å². The molecule has 362 valence electrons. The molecule has 1 saturated heterocycles. The summed E-state index contributed by atoms with van der Waals surface area (Å²) < 4.78 is 41.1. The zero-order valence-electron chi connectivity index (χ0n) is 37.5. The molecule has 15 nitrogen and oxygen atoms in total. The third-order valence-corrected chi connectivity index (χ3v) is 11.2. The van der Waals surface area contributed by atoms with Gasteiger partial charge < -0.3 is 34.8 Å². The van der Waals surface area contributed by atoms with E-state index in [1.54, 1.807) is 30.9 Å². The summed E-state index contributed by atoms with van der Waals surface area (Å²) in [5.41, 5.74) is 8.53. The number of hydrogen-bond acceptors (Lipinski definition) is 10. The van der Waals surface area contributed by atoms with Crippen LogP contribution >= 0.6 is 53.8 Å². The SMILES string of the molecule is C=CCN(CC=C)C(=O)C(Cl)Cl.CC(C)=C1OC(=O)N(c2cc(OC3CCCC3)c(Cl)cc2F)C1=O.CCOCN(C(=O)CCl)c1c(C)cccc1CC.CP(=O)(O)CCC(N)C(=O)O. The number of nitrogens with zero attached hydrogens (tertiary/aromatic N) is 3. The van der Waals surface area contributed by atoms with Crippen LogP contribution in [0.3, 0.4) is 0 Å². The third kappa shape index (κ3) is 19.8. The van der Waals surface area contributed by atoms with Crippen LogP contribution in [0.5, 0.6) is 5.75 Å². The van der Waals surface area contributed by atoms with Gasteiger partial charge in [-0.15, -0.1) is 24.8 Å². The van der Waals surface area contributed by atoms with Crippen molar-refractivity contribution in [2.24, 2.45) is 5.73 Å². The van der Waals surface area contributed by atoms with Gasteiger partial charge in [0, 0.05) is 38.6 Å². The monoisotopic (exact) mass is 1010 g/mol. The Balaban J connectivity index is 0.000000458. The molecular formula is C44H60Cl4FN4O11P. The van der Waals surface area contributed by atoms with Gasteiger partial charge in [-0.05, 0) is 89.0 Å². The van der Waals surface area contributed by atoms with E-state index in [1.165, 1.54) is 17.6 Å². The average Bonchev–Trinajstić information content (AvgIpc) is 3.87. The number of para-hydroxylation sites is 1. The van der Waals surface area contributed by atoms with Crippen molar-refractivity contribution in [1.82, 2.24) is 4.90 Å². The largest absolute Gasteiger partial charge is 0.489 e. The molecule has 4 amide bonds. The molecular weight excluding hydrogens is 952 g/mol. The van der Waals surface area contributed by atoms with E-state index in [9.17, 15) is 32.9 Å². The predicted octanol–water partition coefficient (Wildman–Crippen LogP) is 9.38.